The molecule has 2 heterocycles. The molecule has 1 saturated heterocycles. The van der Waals surface area contributed by atoms with Gasteiger partial charge >= 0.3 is 0 Å². The van der Waals surface area contributed by atoms with E-state index in [1.165, 1.54) is 17.1 Å². The molecule has 0 radical (unpaired) electrons. The number of nitrogens with two attached hydrogens (primary N) is 1. The number of rotatable bonds is 5. The lowest BCUT2D eigenvalue weighted by Crippen LogP contribution is -2.13. The second-order valence-electron chi connectivity index (χ2n) is 4.39. The van der Waals surface area contributed by atoms with E-state index in [1.807, 2.05) is 0 Å². The van der Waals surface area contributed by atoms with Crippen LogP contribution in [0.4, 0.5) is 0 Å². The third-order valence-corrected chi connectivity index (χ3v) is 4.18. The van der Waals surface area contributed by atoms with Crippen LogP contribution in [0.3, 0.4) is 0 Å². The lowest BCUT2D eigenvalue weighted by Gasteiger charge is -2.10. The Balaban J connectivity index is 2.05. The van der Waals surface area contributed by atoms with Crippen LogP contribution in [0.15, 0.2) is 5.38 Å². The molecule has 0 aromatic carbocycles. The fourth-order valence-corrected chi connectivity index (χ4v) is 3.16. The van der Waals surface area contributed by atoms with Gasteiger partial charge in [0, 0.05) is 30.4 Å². The first kappa shape index (κ1) is 12.0. The first-order valence-corrected chi connectivity index (χ1v) is 6.96. The highest BCUT2D eigenvalue weighted by Gasteiger charge is 2.22. The minimum absolute atomic E-state index is 0.442. The monoisotopic (exact) mass is 240 g/mol. The highest BCUT2D eigenvalue weighted by molar-refractivity contribution is 7.09. The molecule has 1 aliphatic rings. The van der Waals surface area contributed by atoms with E-state index in [4.69, 9.17) is 15.5 Å². The SMILES string of the molecule is CCCC(CN)c1csc(C2CCOC2)n1. The Morgan fingerprint density at radius 2 is 2.56 bits per heavy atom. The van der Waals surface area contributed by atoms with Crippen molar-refractivity contribution < 1.29 is 4.74 Å². The van der Waals surface area contributed by atoms with Gasteiger partial charge in [-0.05, 0) is 12.8 Å². The zero-order valence-corrected chi connectivity index (χ0v) is 10.6. The number of aromatic nitrogens is 1. The topological polar surface area (TPSA) is 48.1 Å². The van der Waals surface area contributed by atoms with Crippen LogP contribution in [0.25, 0.3) is 0 Å². The molecule has 0 saturated carbocycles. The van der Waals surface area contributed by atoms with Gasteiger partial charge in [0.05, 0.1) is 17.3 Å². The van der Waals surface area contributed by atoms with Gasteiger partial charge in [0.2, 0.25) is 0 Å². The van der Waals surface area contributed by atoms with Gasteiger partial charge in [-0.3, -0.25) is 0 Å². The van der Waals surface area contributed by atoms with E-state index in [-0.39, 0.29) is 0 Å². The average molecular weight is 240 g/mol. The Kier molecular flexibility index (Phi) is 4.32. The zero-order valence-electron chi connectivity index (χ0n) is 9.82. The first-order valence-electron chi connectivity index (χ1n) is 6.08. The Bertz CT molecular complexity index is 321. The van der Waals surface area contributed by atoms with Gasteiger partial charge in [-0.15, -0.1) is 11.3 Å². The molecule has 0 amide bonds. The predicted molar refractivity (Wildman–Crippen MR) is 67.0 cm³/mol. The van der Waals surface area contributed by atoms with Gasteiger partial charge in [-0.1, -0.05) is 13.3 Å². The van der Waals surface area contributed by atoms with E-state index in [0.717, 1.165) is 26.1 Å². The van der Waals surface area contributed by atoms with Crippen LogP contribution in [0.5, 0.6) is 0 Å². The van der Waals surface area contributed by atoms with Crippen LogP contribution in [0.2, 0.25) is 0 Å². The Morgan fingerprint density at radius 1 is 1.69 bits per heavy atom. The molecule has 4 heteroatoms. The molecule has 0 spiro atoms. The Hall–Kier alpha value is -0.450. The summed E-state index contributed by atoms with van der Waals surface area (Å²) in [5.74, 6) is 0.969. The van der Waals surface area contributed by atoms with Gasteiger partial charge in [-0.25, -0.2) is 4.98 Å². The molecule has 1 aromatic heterocycles. The lowest BCUT2D eigenvalue weighted by atomic mass is 10.0. The fourth-order valence-electron chi connectivity index (χ4n) is 2.14. The second-order valence-corrected chi connectivity index (χ2v) is 5.28. The molecule has 2 atom stereocenters. The summed E-state index contributed by atoms with van der Waals surface area (Å²) >= 11 is 1.77. The van der Waals surface area contributed by atoms with E-state index in [2.05, 4.69) is 12.3 Å². The van der Waals surface area contributed by atoms with Crippen molar-refractivity contribution in [2.24, 2.45) is 5.73 Å². The van der Waals surface area contributed by atoms with Crippen molar-refractivity contribution in [3.05, 3.63) is 16.1 Å². The van der Waals surface area contributed by atoms with Gasteiger partial charge in [0.25, 0.3) is 0 Å². The van der Waals surface area contributed by atoms with Gasteiger partial charge in [0.15, 0.2) is 0 Å². The van der Waals surface area contributed by atoms with E-state index in [0.29, 0.717) is 18.4 Å². The number of thiazole rings is 1. The second kappa shape index (κ2) is 5.75. The van der Waals surface area contributed by atoms with Crippen molar-refractivity contribution in [1.82, 2.24) is 4.98 Å². The van der Waals surface area contributed by atoms with E-state index in [1.54, 1.807) is 11.3 Å². The summed E-state index contributed by atoms with van der Waals surface area (Å²) in [6, 6.07) is 0. The van der Waals surface area contributed by atoms with E-state index in [9.17, 15) is 0 Å². The van der Waals surface area contributed by atoms with E-state index < -0.39 is 0 Å². The highest BCUT2D eigenvalue weighted by Crippen LogP contribution is 2.30. The van der Waals surface area contributed by atoms with Crippen LogP contribution in [0, 0.1) is 0 Å². The third-order valence-electron chi connectivity index (χ3n) is 3.16. The summed E-state index contributed by atoms with van der Waals surface area (Å²) in [6.45, 7) is 4.63. The molecule has 2 unspecified atom stereocenters. The predicted octanol–water partition coefficient (Wildman–Crippen LogP) is 2.49. The van der Waals surface area contributed by atoms with Crippen LogP contribution >= 0.6 is 11.3 Å². The summed E-state index contributed by atoms with van der Waals surface area (Å²) < 4.78 is 5.40. The molecule has 1 fully saturated rings. The number of hydrogen-bond donors (Lipinski definition) is 1. The maximum absolute atomic E-state index is 5.79. The molecule has 0 bridgehead atoms. The van der Waals surface area contributed by atoms with Crippen molar-refractivity contribution in [2.75, 3.05) is 19.8 Å². The molecule has 90 valence electrons. The van der Waals surface area contributed by atoms with Crippen LogP contribution in [0.1, 0.15) is 48.7 Å². The molecular weight excluding hydrogens is 220 g/mol. The normalized spacial score (nSPS) is 22.5. The van der Waals surface area contributed by atoms with Crippen molar-refractivity contribution >= 4 is 11.3 Å². The summed E-state index contributed by atoms with van der Waals surface area (Å²) in [5.41, 5.74) is 6.98. The van der Waals surface area contributed by atoms with Gasteiger partial charge in [0.1, 0.15) is 0 Å². The average Bonchev–Trinajstić information content (AvgIpc) is 2.95. The minimum Gasteiger partial charge on any atom is -0.381 e. The van der Waals surface area contributed by atoms with Crippen molar-refractivity contribution in [3.8, 4) is 0 Å². The maximum atomic E-state index is 5.79. The maximum Gasteiger partial charge on any atom is 0.0983 e. The van der Waals surface area contributed by atoms with Crippen LogP contribution < -0.4 is 5.73 Å². The lowest BCUT2D eigenvalue weighted by molar-refractivity contribution is 0.194. The third kappa shape index (κ3) is 2.62. The molecular formula is C12H20N2OS. The molecule has 2 N–H and O–H groups in total. The van der Waals surface area contributed by atoms with Crippen molar-refractivity contribution in [2.45, 2.75) is 38.0 Å². The minimum atomic E-state index is 0.442. The van der Waals surface area contributed by atoms with Gasteiger partial charge < -0.3 is 10.5 Å². The summed E-state index contributed by atoms with van der Waals surface area (Å²) in [6.07, 6.45) is 3.43. The molecule has 1 aromatic rings. The summed E-state index contributed by atoms with van der Waals surface area (Å²) in [5, 5.41) is 3.42. The van der Waals surface area contributed by atoms with Gasteiger partial charge in [-0.2, -0.15) is 0 Å². The van der Waals surface area contributed by atoms with Crippen LogP contribution in [-0.2, 0) is 4.74 Å². The molecule has 2 rings (SSSR count). The molecule has 16 heavy (non-hydrogen) atoms. The number of ether oxygens (including phenoxy) is 1. The molecule has 3 nitrogen and oxygen atoms in total. The smallest absolute Gasteiger partial charge is 0.0983 e. The zero-order chi connectivity index (χ0) is 11.4. The molecule has 0 aliphatic carbocycles. The first-order chi connectivity index (χ1) is 7.85. The standard InChI is InChI=1S/C12H20N2OS/c1-2-3-9(6-13)11-8-16-12(14-11)10-4-5-15-7-10/h8-10H,2-7,13H2,1H3. The number of nitrogens with zero attached hydrogens (tertiary/aromatic N) is 1. The molecule has 1 aliphatic heterocycles. The van der Waals surface area contributed by atoms with Crippen LogP contribution in [-0.4, -0.2) is 24.7 Å². The number of hydrogen-bond acceptors (Lipinski definition) is 4. The summed E-state index contributed by atoms with van der Waals surface area (Å²) in [4.78, 5) is 4.74. The van der Waals surface area contributed by atoms with E-state index >= 15 is 0 Å². The fraction of sp³-hybridized carbons (Fsp3) is 0.750. The van der Waals surface area contributed by atoms with Crippen molar-refractivity contribution in [1.29, 1.82) is 0 Å². The summed E-state index contributed by atoms with van der Waals surface area (Å²) in [7, 11) is 0. The highest BCUT2D eigenvalue weighted by atomic mass is 32.1. The Labute approximate surface area is 101 Å². The quantitative estimate of drug-likeness (QED) is 0.860. The Morgan fingerprint density at radius 3 is 3.19 bits per heavy atom. The largest absolute Gasteiger partial charge is 0.381 e. The van der Waals surface area contributed by atoms with Crippen molar-refractivity contribution in [3.63, 3.8) is 0 Å².